The smallest absolute Gasteiger partial charge is 0.342 e. The van der Waals surface area contributed by atoms with E-state index in [9.17, 15) is 13.2 Å². The third kappa shape index (κ3) is 2.96. The molecule has 1 heterocycles. The highest BCUT2D eigenvalue weighted by molar-refractivity contribution is 5.59. The van der Waals surface area contributed by atoms with E-state index >= 15 is 0 Å². The lowest BCUT2D eigenvalue weighted by Crippen LogP contribution is -2.10. The van der Waals surface area contributed by atoms with Crippen LogP contribution in [0, 0.1) is 0 Å². The van der Waals surface area contributed by atoms with Crippen LogP contribution < -0.4 is 5.73 Å². The Bertz CT molecular complexity index is 543. The molecule has 19 heavy (non-hydrogen) atoms. The van der Waals surface area contributed by atoms with Crippen molar-refractivity contribution in [1.29, 1.82) is 0 Å². The molecule has 0 radical (unpaired) electrons. The van der Waals surface area contributed by atoms with E-state index in [2.05, 4.69) is 9.97 Å². The normalized spacial score (nSPS) is 13.5. The average Bonchev–Trinajstić information content (AvgIpc) is 2.86. The maximum Gasteiger partial charge on any atom is 0.416 e. The highest BCUT2D eigenvalue weighted by Gasteiger charge is 2.30. The van der Waals surface area contributed by atoms with E-state index in [0.717, 1.165) is 18.0 Å². The first-order valence-corrected chi connectivity index (χ1v) is 5.84. The molecule has 0 saturated heterocycles. The summed E-state index contributed by atoms with van der Waals surface area (Å²) in [7, 11) is 0. The molecule has 2 aromatic rings. The predicted molar refractivity (Wildman–Crippen MR) is 66.5 cm³/mol. The van der Waals surface area contributed by atoms with E-state index in [-0.39, 0.29) is 5.92 Å². The van der Waals surface area contributed by atoms with E-state index in [1.165, 1.54) is 12.1 Å². The monoisotopic (exact) mass is 269 g/mol. The molecule has 1 aromatic heterocycles. The lowest BCUT2D eigenvalue weighted by Gasteiger charge is -2.07. The maximum atomic E-state index is 12.4. The third-order valence-electron chi connectivity index (χ3n) is 2.94. The largest absolute Gasteiger partial charge is 0.416 e. The molecular formula is C13H14F3N3. The lowest BCUT2D eigenvalue weighted by molar-refractivity contribution is -0.137. The summed E-state index contributed by atoms with van der Waals surface area (Å²) in [6.07, 6.45) is -2.71. The Morgan fingerprint density at radius 1 is 1.26 bits per heavy atom. The Labute approximate surface area is 108 Å². The molecule has 0 spiro atoms. The van der Waals surface area contributed by atoms with Crippen LogP contribution in [0.15, 0.2) is 30.5 Å². The number of hydrogen-bond acceptors (Lipinski definition) is 2. The van der Waals surface area contributed by atoms with Gasteiger partial charge in [0, 0.05) is 12.5 Å². The van der Waals surface area contributed by atoms with Crippen molar-refractivity contribution in [3.05, 3.63) is 41.9 Å². The number of rotatable bonds is 3. The van der Waals surface area contributed by atoms with E-state index in [0.29, 0.717) is 17.8 Å². The van der Waals surface area contributed by atoms with Crippen molar-refractivity contribution in [2.24, 2.45) is 5.73 Å². The Morgan fingerprint density at radius 3 is 2.42 bits per heavy atom. The van der Waals surface area contributed by atoms with E-state index in [1.54, 1.807) is 6.20 Å². The maximum absolute atomic E-state index is 12.4. The summed E-state index contributed by atoms with van der Waals surface area (Å²) in [6.45, 7) is 2.38. The molecule has 3 N–H and O–H groups in total. The number of benzene rings is 1. The van der Waals surface area contributed by atoms with Gasteiger partial charge >= 0.3 is 6.18 Å². The number of alkyl halides is 3. The number of nitrogens with zero attached hydrogens (tertiary/aromatic N) is 1. The number of aromatic amines is 1. The first-order chi connectivity index (χ1) is 8.91. The van der Waals surface area contributed by atoms with Crippen LogP contribution in [-0.4, -0.2) is 16.5 Å². The SMILES string of the molecule is CC(CN)c1ncc(-c2ccc(C(F)(F)F)cc2)[nH]1. The fourth-order valence-corrected chi connectivity index (χ4v) is 1.68. The Kier molecular flexibility index (Phi) is 3.61. The zero-order valence-electron chi connectivity index (χ0n) is 10.3. The minimum atomic E-state index is -4.31. The van der Waals surface area contributed by atoms with Gasteiger partial charge in [-0.15, -0.1) is 0 Å². The number of halogens is 3. The molecule has 102 valence electrons. The second kappa shape index (κ2) is 5.05. The van der Waals surface area contributed by atoms with Gasteiger partial charge in [-0.3, -0.25) is 0 Å². The Hall–Kier alpha value is -1.82. The van der Waals surface area contributed by atoms with Crippen LogP contribution in [0.25, 0.3) is 11.3 Å². The van der Waals surface area contributed by atoms with Gasteiger partial charge in [-0.1, -0.05) is 19.1 Å². The molecule has 1 aromatic carbocycles. The zero-order chi connectivity index (χ0) is 14.0. The topological polar surface area (TPSA) is 54.7 Å². The summed E-state index contributed by atoms with van der Waals surface area (Å²) >= 11 is 0. The summed E-state index contributed by atoms with van der Waals surface area (Å²) < 4.78 is 37.3. The molecule has 1 unspecified atom stereocenters. The quantitative estimate of drug-likeness (QED) is 0.899. The minimum absolute atomic E-state index is 0.0863. The number of nitrogens with one attached hydrogen (secondary N) is 1. The van der Waals surface area contributed by atoms with Crippen molar-refractivity contribution in [3.8, 4) is 11.3 Å². The van der Waals surface area contributed by atoms with Crippen LogP contribution in [0.5, 0.6) is 0 Å². The van der Waals surface area contributed by atoms with Crippen LogP contribution in [0.3, 0.4) is 0 Å². The van der Waals surface area contributed by atoms with Gasteiger partial charge in [-0.25, -0.2) is 4.98 Å². The molecule has 0 aliphatic carbocycles. The standard InChI is InChI=1S/C13H14F3N3/c1-8(6-17)12-18-7-11(19-12)9-2-4-10(5-3-9)13(14,15)16/h2-5,7-8H,6,17H2,1H3,(H,18,19). The van der Waals surface area contributed by atoms with Crippen molar-refractivity contribution in [1.82, 2.24) is 9.97 Å². The Morgan fingerprint density at radius 2 is 1.89 bits per heavy atom. The first kappa shape index (κ1) is 13.6. The van der Waals surface area contributed by atoms with Crippen LogP contribution in [0.4, 0.5) is 13.2 Å². The van der Waals surface area contributed by atoms with Crippen molar-refractivity contribution in [3.63, 3.8) is 0 Å². The van der Waals surface area contributed by atoms with E-state index in [1.807, 2.05) is 6.92 Å². The van der Waals surface area contributed by atoms with Gasteiger partial charge in [0.05, 0.1) is 17.5 Å². The zero-order valence-corrected chi connectivity index (χ0v) is 10.3. The second-order valence-electron chi connectivity index (χ2n) is 4.39. The average molecular weight is 269 g/mol. The molecule has 2 rings (SSSR count). The van der Waals surface area contributed by atoms with Crippen LogP contribution in [-0.2, 0) is 6.18 Å². The van der Waals surface area contributed by atoms with E-state index < -0.39 is 11.7 Å². The van der Waals surface area contributed by atoms with Gasteiger partial charge in [0.15, 0.2) is 0 Å². The summed E-state index contributed by atoms with van der Waals surface area (Å²) in [6, 6.07) is 4.96. The van der Waals surface area contributed by atoms with Crippen LogP contribution in [0.1, 0.15) is 24.2 Å². The fourth-order valence-electron chi connectivity index (χ4n) is 1.68. The molecule has 0 aliphatic heterocycles. The molecule has 0 bridgehead atoms. The second-order valence-corrected chi connectivity index (χ2v) is 4.39. The summed E-state index contributed by atoms with van der Waals surface area (Å²) in [5.74, 6) is 0.820. The number of hydrogen-bond donors (Lipinski definition) is 2. The van der Waals surface area contributed by atoms with Gasteiger partial charge in [-0.2, -0.15) is 13.2 Å². The van der Waals surface area contributed by atoms with Crippen molar-refractivity contribution < 1.29 is 13.2 Å². The molecule has 0 amide bonds. The van der Waals surface area contributed by atoms with E-state index in [4.69, 9.17) is 5.73 Å². The number of H-pyrrole nitrogens is 1. The highest BCUT2D eigenvalue weighted by Crippen LogP contribution is 2.30. The van der Waals surface area contributed by atoms with Crippen LogP contribution in [0.2, 0.25) is 0 Å². The summed E-state index contributed by atoms with van der Waals surface area (Å²) in [5.41, 5.74) is 6.22. The molecule has 0 fully saturated rings. The molecule has 6 heteroatoms. The number of aromatic nitrogens is 2. The van der Waals surface area contributed by atoms with Crippen molar-refractivity contribution in [2.75, 3.05) is 6.54 Å². The van der Waals surface area contributed by atoms with Crippen molar-refractivity contribution in [2.45, 2.75) is 19.0 Å². The van der Waals surface area contributed by atoms with Gasteiger partial charge in [0.2, 0.25) is 0 Å². The van der Waals surface area contributed by atoms with Crippen LogP contribution >= 0.6 is 0 Å². The predicted octanol–water partition coefficient (Wildman–Crippen LogP) is 3.16. The summed E-state index contributed by atoms with van der Waals surface area (Å²) in [4.78, 5) is 7.24. The molecule has 3 nitrogen and oxygen atoms in total. The molecule has 1 atom stereocenters. The lowest BCUT2D eigenvalue weighted by atomic mass is 10.1. The first-order valence-electron chi connectivity index (χ1n) is 5.84. The van der Waals surface area contributed by atoms with Gasteiger partial charge in [-0.05, 0) is 17.7 Å². The molecule has 0 saturated carbocycles. The molecular weight excluding hydrogens is 255 g/mol. The highest BCUT2D eigenvalue weighted by atomic mass is 19.4. The Balaban J connectivity index is 2.25. The number of nitrogens with two attached hydrogens (primary N) is 1. The summed E-state index contributed by atoms with van der Waals surface area (Å²) in [5, 5.41) is 0. The van der Waals surface area contributed by atoms with Gasteiger partial charge in [0.1, 0.15) is 5.82 Å². The molecule has 0 aliphatic rings. The third-order valence-corrected chi connectivity index (χ3v) is 2.94. The number of imidazole rings is 1. The van der Waals surface area contributed by atoms with Crippen molar-refractivity contribution >= 4 is 0 Å². The minimum Gasteiger partial charge on any atom is -0.342 e. The fraction of sp³-hybridized carbons (Fsp3) is 0.308. The van der Waals surface area contributed by atoms with Gasteiger partial charge in [0.25, 0.3) is 0 Å². The van der Waals surface area contributed by atoms with Gasteiger partial charge < -0.3 is 10.7 Å².